The minimum absolute atomic E-state index is 0.0653. The van der Waals surface area contributed by atoms with Crippen molar-refractivity contribution in [1.29, 1.82) is 0 Å². The Kier molecular flexibility index (Phi) is 4.67. The van der Waals surface area contributed by atoms with Crippen LogP contribution in [0.5, 0.6) is 11.6 Å². The summed E-state index contributed by atoms with van der Waals surface area (Å²) in [4.78, 5) is 8.26. The maximum Gasteiger partial charge on any atom is 0.227 e. The third-order valence-electron chi connectivity index (χ3n) is 2.82. The largest absolute Gasteiger partial charge is 0.438 e. The molecule has 0 aliphatic heterocycles. The molecule has 0 saturated heterocycles. The van der Waals surface area contributed by atoms with Crippen LogP contribution < -0.4 is 10.1 Å². The Labute approximate surface area is 122 Å². The number of benzene rings is 1. The van der Waals surface area contributed by atoms with Crippen molar-refractivity contribution in [2.45, 2.75) is 26.7 Å². The van der Waals surface area contributed by atoms with E-state index in [1.165, 1.54) is 6.33 Å². The molecule has 0 amide bonds. The number of ether oxygens (including phenoxy) is 1. The summed E-state index contributed by atoms with van der Waals surface area (Å²) in [6.07, 6.45) is 1.36. The fraction of sp³-hybridized carbons (Fsp3) is 0.333. The van der Waals surface area contributed by atoms with Crippen LogP contribution in [0.1, 0.15) is 32.3 Å². The lowest BCUT2D eigenvalue weighted by Crippen LogP contribution is -2.07. The summed E-state index contributed by atoms with van der Waals surface area (Å²) >= 11 is 0. The summed E-state index contributed by atoms with van der Waals surface area (Å²) in [6, 6.07) is 3.02. The van der Waals surface area contributed by atoms with Gasteiger partial charge in [-0.05, 0) is 12.8 Å². The molecule has 6 heteroatoms. The SMILES string of the molecule is CCNc1ncnc(Oc2cc(F)cc(F)c2)c1C(C)C. The van der Waals surface area contributed by atoms with E-state index in [0.717, 1.165) is 23.8 Å². The van der Waals surface area contributed by atoms with Gasteiger partial charge in [-0.3, -0.25) is 0 Å². The van der Waals surface area contributed by atoms with Gasteiger partial charge >= 0.3 is 0 Å². The van der Waals surface area contributed by atoms with Crippen molar-refractivity contribution in [3.63, 3.8) is 0 Å². The van der Waals surface area contributed by atoms with Crippen LogP contribution in [-0.2, 0) is 0 Å². The normalized spacial score (nSPS) is 10.8. The second kappa shape index (κ2) is 6.47. The van der Waals surface area contributed by atoms with Crippen LogP contribution >= 0.6 is 0 Å². The highest BCUT2D eigenvalue weighted by Crippen LogP contribution is 2.33. The maximum absolute atomic E-state index is 13.2. The first-order valence-corrected chi connectivity index (χ1v) is 6.74. The molecule has 2 rings (SSSR count). The fourth-order valence-corrected chi connectivity index (χ4v) is 1.99. The van der Waals surface area contributed by atoms with E-state index < -0.39 is 11.6 Å². The molecule has 0 spiro atoms. The average Bonchev–Trinajstić information content (AvgIpc) is 2.37. The zero-order valence-electron chi connectivity index (χ0n) is 12.2. The lowest BCUT2D eigenvalue weighted by molar-refractivity contribution is 0.441. The first-order valence-electron chi connectivity index (χ1n) is 6.74. The molecule has 0 aliphatic rings. The van der Waals surface area contributed by atoms with Gasteiger partial charge in [-0.25, -0.2) is 18.7 Å². The number of hydrogen-bond acceptors (Lipinski definition) is 4. The van der Waals surface area contributed by atoms with E-state index >= 15 is 0 Å². The molecular formula is C15H17F2N3O. The predicted molar refractivity (Wildman–Crippen MR) is 76.7 cm³/mol. The average molecular weight is 293 g/mol. The molecule has 0 fully saturated rings. The van der Waals surface area contributed by atoms with Crippen LogP contribution in [0.25, 0.3) is 0 Å². The first-order chi connectivity index (χ1) is 10.0. The van der Waals surface area contributed by atoms with E-state index in [4.69, 9.17) is 4.74 Å². The van der Waals surface area contributed by atoms with E-state index in [1.807, 2.05) is 20.8 Å². The molecule has 112 valence electrons. The Morgan fingerprint density at radius 3 is 2.38 bits per heavy atom. The van der Waals surface area contributed by atoms with Crippen molar-refractivity contribution in [1.82, 2.24) is 9.97 Å². The number of aromatic nitrogens is 2. The van der Waals surface area contributed by atoms with Crippen LogP contribution in [0.15, 0.2) is 24.5 Å². The van der Waals surface area contributed by atoms with Crippen LogP contribution in [0.2, 0.25) is 0 Å². The molecule has 1 aromatic carbocycles. The number of halogens is 2. The molecule has 0 unspecified atom stereocenters. The van der Waals surface area contributed by atoms with E-state index in [2.05, 4.69) is 15.3 Å². The summed E-state index contributed by atoms with van der Waals surface area (Å²) in [5.41, 5.74) is 0.768. The zero-order chi connectivity index (χ0) is 15.4. The second-order valence-corrected chi connectivity index (χ2v) is 4.83. The number of nitrogens with one attached hydrogen (secondary N) is 1. The highest BCUT2D eigenvalue weighted by molar-refractivity contribution is 5.51. The predicted octanol–water partition coefficient (Wildman–Crippen LogP) is 4.10. The first kappa shape index (κ1) is 15.2. The Hall–Kier alpha value is -2.24. The summed E-state index contributed by atoms with van der Waals surface area (Å²) in [6.45, 7) is 6.59. The molecule has 1 aromatic heterocycles. The van der Waals surface area contributed by atoms with Gasteiger partial charge in [-0.2, -0.15) is 0 Å². The highest BCUT2D eigenvalue weighted by atomic mass is 19.1. The van der Waals surface area contributed by atoms with Gasteiger partial charge in [0.25, 0.3) is 0 Å². The van der Waals surface area contributed by atoms with Gasteiger partial charge in [0, 0.05) is 24.7 Å². The molecule has 2 aromatic rings. The topological polar surface area (TPSA) is 47.0 Å². The molecule has 0 aliphatic carbocycles. The van der Waals surface area contributed by atoms with Gasteiger partial charge in [0.2, 0.25) is 5.88 Å². The fourth-order valence-electron chi connectivity index (χ4n) is 1.99. The lowest BCUT2D eigenvalue weighted by Gasteiger charge is -2.16. The molecular weight excluding hydrogens is 276 g/mol. The third kappa shape index (κ3) is 3.65. The smallest absolute Gasteiger partial charge is 0.227 e. The zero-order valence-corrected chi connectivity index (χ0v) is 12.2. The molecule has 0 saturated carbocycles. The monoisotopic (exact) mass is 293 g/mol. The lowest BCUT2D eigenvalue weighted by atomic mass is 10.1. The van der Waals surface area contributed by atoms with Gasteiger partial charge in [-0.15, -0.1) is 0 Å². The number of anilines is 1. The van der Waals surface area contributed by atoms with Crippen LogP contribution in [-0.4, -0.2) is 16.5 Å². The Morgan fingerprint density at radius 2 is 1.81 bits per heavy atom. The van der Waals surface area contributed by atoms with Gasteiger partial charge in [0.05, 0.1) is 5.56 Å². The van der Waals surface area contributed by atoms with Crippen molar-refractivity contribution < 1.29 is 13.5 Å². The standard InChI is InChI=1S/C15H17F2N3O/c1-4-18-14-13(9(2)3)15(20-8-19-14)21-12-6-10(16)5-11(17)7-12/h5-9H,4H2,1-3H3,(H,18,19,20). The van der Waals surface area contributed by atoms with Gasteiger partial charge in [-0.1, -0.05) is 13.8 Å². The molecule has 0 radical (unpaired) electrons. The minimum atomic E-state index is -0.697. The second-order valence-electron chi connectivity index (χ2n) is 4.83. The Morgan fingerprint density at radius 1 is 1.14 bits per heavy atom. The molecule has 21 heavy (non-hydrogen) atoms. The van der Waals surface area contributed by atoms with Crippen molar-refractivity contribution in [3.05, 3.63) is 41.7 Å². The molecule has 4 nitrogen and oxygen atoms in total. The van der Waals surface area contributed by atoms with Crippen LogP contribution in [0.4, 0.5) is 14.6 Å². The van der Waals surface area contributed by atoms with Crippen molar-refractivity contribution in [2.75, 3.05) is 11.9 Å². The van der Waals surface area contributed by atoms with Crippen molar-refractivity contribution >= 4 is 5.82 Å². The molecule has 0 atom stereocenters. The number of rotatable bonds is 5. The third-order valence-corrected chi connectivity index (χ3v) is 2.82. The summed E-state index contributed by atoms with van der Waals surface area (Å²) in [5, 5.41) is 3.13. The van der Waals surface area contributed by atoms with E-state index in [9.17, 15) is 8.78 Å². The van der Waals surface area contributed by atoms with Crippen LogP contribution in [0, 0.1) is 11.6 Å². The maximum atomic E-state index is 13.2. The van der Waals surface area contributed by atoms with Gasteiger partial charge < -0.3 is 10.1 Å². The highest BCUT2D eigenvalue weighted by Gasteiger charge is 2.17. The summed E-state index contributed by atoms with van der Waals surface area (Å²) in [7, 11) is 0. The minimum Gasteiger partial charge on any atom is -0.438 e. The summed E-state index contributed by atoms with van der Waals surface area (Å²) in [5.74, 6) is -0.284. The molecule has 0 bridgehead atoms. The Bertz CT molecular complexity index is 612. The van der Waals surface area contributed by atoms with E-state index in [-0.39, 0.29) is 11.7 Å². The van der Waals surface area contributed by atoms with Crippen LogP contribution in [0.3, 0.4) is 0 Å². The number of nitrogens with zero attached hydrogens (tertiary/aromatic N) is 2. The van der Waals surface area contributed by atoms with E-state index in [1.54, 1.807) is 0 Å². The molecule has 1 heterocycles. The van der Waals surface area contributed by atoms with Gasteiger partial charge in [0.1, 0.15) is 29.5 Å². The Balaban J connectivity index is 2.41. The van der Waals surface area contributed by atoms with Crippen molar-refractivity contribution in [2.24, 2.45) is 0 Å². The van der Waals surface area contributed by atoms with Crippen molar-refractivity contribution in [3.8, 4) is 11.6 Å². The van der Waals surface area contributed by atoms with Gasteiger partial charge in [0.15, 0.2) is 0 Å². The number of hydrogen-bond donors (Lipinski definition) is 1. The molecule has 1 N–H and O–H groups in total. The van der Waals surface area contributed by atoms with E-state index in [0.29, 0.717) is 18.2 Å². The quantitative estimate of drug-likeness (QED) is 0.901. The summed E-state index contributed by atoms with van der Waals surface area (Å²) < 4.78 is 32.0.